The molecule has 5 aromatic rings. The van der Waals surface area contributed by atoms with Crippen molar-refractivity contribution < 1.29 is 23.8 Å². The Labute approximate surface area is 218 Å². The Morgan fingerprint density at radius 3 is 2.50 bits per heavy atom. The quantitative estimate of drug-likeness (QED) is 0.259. The number of hydrogen-bond acceptors (Lipinski definition) is 6. The van der Waals surface area contributed by atoms with Gasteiger partial charge in [0.2, 0.25) is 5.78 Å². The predicted molar refractivity (Wildman–Crippen MR) is 142 cm³/mol. The van der Waals surface area contributed by atoms with Crippen LogP contribution in [0.5, 0.6) is 11.5 Å². The molecule has 0 saturated heterocycles. The number of aromatic nitrogens is 1. The zero-order chi connectivity index (χ0) is 26.2. The first-order chi connectivity index (χ1) is 18.5. The molecule has 186 valence electrons. The van der Waals surface area contributed by atoms with E-state index in [4.69, 9.17) is 9.15 Å². The van der Waals surface area contributed by atoms with Gasteiger partial charge in [-0.2, -0.15) is 0 Å². The summed E-state index contributed by atoms with van der Waals surface area (Å²) < 4.78 is 11.7. The molecule has 1 aliphatic heterocycles. The Morgan fingerprint density at radius 1 is 0.947 bits per heavy atom. The molecule has 0 fully saturated rings. The lowest BCUT2D eigenvalue weighted by Gasteiger charge is -2.26. The third-order valence-corrected chi connectivity index (χ3v) is 6.44. The molecule has 1 unspecified atom stereocenters. The number of nitrogens with zero attached hydrogens (tertiary/aromatic N) is 2. The van der Waals surface area contributed by atoms with Crippen LogP contribution in [0.2, 0.25) is 0 Å². The topological polar surface area (TPSA) is 92.9 Å². The molecule has 1 N–H and O–H groups in total. The molecule has 0 saturated carbocycles. The number of aliphatic hydroxyl groups excluding tert-OH is 1. The van der Waals surface area contributed by atoms with E-state index in [0.29, 0.717) is 28.3 Å². The minimum absolute atomic E-state index is 0.0400. The highest BCUT2D eigenvalue weighted by molar-refractivity contribution is 6.20. The standard InChI is InChI=1S/C31H22N2O5/c1-19-6-4-9-24(16-19)37-23-13-11-22(12-14-23)33-28(21-8-5-15-32-18-21)27(30(35)31(33)36)29(34)26-17-20-7-2-3-10-25(20)38-26/h2-18,28,35H,1H3. The zero-order valence-corrected chi connectivity index (χ0v) is 20.4. The van der Waals surface area contributed by atoms with Gasteiger partial charge in [-0.15, -0.1) is 0 Å². The van der Waals surface area contributed by atoms with Crippen molar-refractivity contribution in [3.63, 3.8) is 0 Å². The van der Waals surface area contributed by atoms with E-state index in [-0.39, 0.29) is 11.3 Å². The molecule has 1 aliphatic rings. The molecule has 7 heteroatoms. The summed E-state index contributed by atoms with van der Waals surface area (Å²) in [7, 11) is 0. The van der Waals surface area contributed by atoms with Crippen LogP contribution >= 0.6 is 0 Å². The van der Waals surface area contributed by atoms with Gasteiger partial charge in [0.1, 0.15) is 17.1 Å². The van der Waals surface area contributed by atoms with E-state index in [1.807, 2.05) is 49.4 Å². The summed E-state index contributed by atoms with van der Waals surface area (Å²) in [5.41, 5.74) is 2.61. The smallest absolute Gasteiger partial charge is 0.294 e. The lowest BCUT2D eigenvalue weighted by Crippen LogP contribution is -2.31. The van der Waals surface area contributed by atoms with Crippen LogP contribution in [0.15, 0.2) is 119 Å². The van der Waals surface area contributed by atoms with Gasteiger partial charge in [0.15, 0.2) is 11.5 Å². The van der Waals surface area contributed by atoms with Crippen LogP contribution in [0.25, 0.3) is 11.0 Å². The maximum absolute atomic E-state index is 13.7. The second-order valence-corrected chi connectivity index (χ2v) is 9.02. The highest BCUT2D eigenvalue weighted by Gasteiger charge is 2.45. The molecule has 0 radical (unpaired) electrons. The van der Waals surface area contributed by atoms with Crippen LogP contribution < -0.4 is 9.64 Å². The van der Waals surface area contributed by atoms with Gasteiger partial charge >= 0.3 is 0 Å². The number of carbonyl (C=O) groups excluding carboxylic acids is 2. The van der Waals surface area contributed by atoms with Gasteiger partial charge in [0.05, 0.1) is 11.6 Å². The highest BCUT2D eigenvalue weighted by atomic mass is 16.5. The van der Waals surface area contributed by atoms with Crippen molar-refractivity contribution in [1.29, 1.82) is 0 Å². The summed E-state index contributed by atoms with van der Waals surface area (Å²) in [5.74, 6) is -0.558. The Bertz CT molecular complexity index is 1670. The van der Waals surface area contributed by atoms with Crippen LogP contribution in [0.3, 0.4) is 0 Å². The van der Waals surface area contributed by atoms with Crippen molar-refractivity contribution in [2.45, 2.75) is 13.0 Å². The third kappa shape index (κ3) is 4.10. The first-order valence-electron chi connectivity index (χ1n) is 12.0. The molecule has 3 aromatic carbocycles. The Balaban J connectivity index is 1.38. The van der Waals surface area contributed by atoms with Crippen LogP contribution in [0.4, 0.5) is 5.69 Å². The molecule has 2 aromatic heterocycles. The minimum atomic E-state index is -0.902. The minimum Gasteiger partial charge on any atom is -0.503 e. The van der Waals surface area contributed by atoms with E-state index in [1.54, 1.807) is 60.9 Å². The van der Waals surface area contributed by atoms with Gasteiger partial charge in [-0.1, -0.05) is 36.4 Å². The molecular weight excluding hydrogens is 480 g/mol. The number of amides is 1. The van der Waals surface area contributed by atoms with Crippen molar-refractivity contribution in [3.8, 4) is 11.5 Å². The maximum Gasteiger partial charge on any atom is 0.294 e. The molecule has 0 spiro atoms. The lowest BCUT2D eigenvalue weighted by molar-refractivity contribution is -0.117. The summed E-state index contributed by atoms with van der Waals surface area (Å²) in [6.45, 7) is 1.98. The Kier molecular flexibility index (Phi) is 5.73. The lowest BCUT2D eigenvalue weighted by atomic mass is 9.96. The number of pyridine rings is 1. The average molecular weight is 503 g/mol. The number of aliphatic hydroxyl groups is 1. The molecular formula is C31H22N2O5. The Hall–Kier alpha value is -5.17. The van der Waals surface area contributed by atoms with E-state index >= 15 is 0 Å². The number of anilines is 1. The summed E-state index contributed by atoms with van der Waals surface area (Å²) >= 11 is 0. The van der Waals surface area contributed by atoms with Crippen molar-refractivity contribution in [3.05, 3.63) is 132 Å². The number of fused-ring (bicyclic) bond motifs is 1. The number of rotatable bonds is 6. The largest absolute Gasteiger partial charge is 0.503 e. The van der Waals surface area contributed by atoms with Gasteiger partial charge < -0.3 is 14.3 Å². The van der Waals surface area contributed by atoms with Crippen molar-refractivity contribution in [1.82, 2.24) is 4.98 Å². The number of ether oxygens (including phenoxy) is 1. The predicted octanol–water partition coefficient (Wildman–Crippen LogP) is 6.71. The van der Waals surface area contributed by atoms with Crippen LogP contribution in [-0.2, 0) is 4.79 Å². The first-order valence-corrected chi connectivity index (χ1v) is 12.0. The number of Topliss-reactive ketones (excluding diaryl/α,β-unsaturated/α-hetero) is 1. The van der Waals surface area contributed by atoms with Crippen molar-refractivity contribution >= 4 is 28.3 Å². The maximum atomic E-state index is 13.7. The number of furan rings is 1. The monoisotopic (exact) mass is 502 g/mol. The SMILES string of the molecule is Cc1cccc(Oc2ccc(N3C(=O)C(O)=C(C(=O)c4cc5ccccc5o4)C3c3cccnc3)cc2)c1. The van der Waals surface area contributed by atoms with Gasteiger partial charge in [0, 0.05) is 23.5 Å². The molecule has 38 heavy (non-hydrogen) atoms. The van der Waals surface area contributed by atoms with Crippen molar-refractivity contribution in [2.75, 3.05) is 4.90 Å². The highest BCUT2D eigenvalue weighted by Crippen LogP contribution is 2.42. The third-order valence-electron chi connectivity index (χ3n) is 6.44. The second-order valence-electron chi connectivity index (χ2n) is 9.02. The van der Waals surface area contributed by atoms with Gasteiger partial charge in [-0.25, -0.2) is 0 Å². The molecule has 0 bridgehead atoms. The summed E-state index contributed by atoms with van der Waals surface area (Å²) in [5, 5.41) is 11.7. The molecule has 1 amide bonds. The van der Waals surface area contributed by atoms with E-state index in [0.717, 1.165) is 10.9 Å². The summed E-state index contributed by atoms with van der Waals surface area (Å²) in [6.07, 6.45) is 3.18. The van der Waals surface area contributed by atoms with E-state index in [1.165, 1.54) is 4.90 Å². The second kappa shape index (κ2) is 9.37. The van der Waals surface area contributed by atoms with Crippen LogP contribution in [-0.4, -0.2) is 21.8 Å². The Morgan fingerprint density at radius 2 is 1.76 bits per heavy atom. The van der Waals surface area contributed by atoms with Crippen LogP contribution in [0, 0.1) is 6.92 Å². The van der Waals surface area contributed by atoms with E-state index in [9.17, 15) is 14.7 Å². The van der Waals surface area contributed by atoms with Gasteiger partial charge in [-0.3, -0.25) is 19.5 Å². The molecule has 6 rings (SSSR count). The number of carbonyl (C=O) groups is 2. The number of para-hydroxylation sites is 1. The molecule has 7 nitrogen and oxygen atoms in total. The molecule has 3 heterocycles. The summed E-state index contributed by atoms with van der Waals surface area (Å²) in [6, 6.07) is 26.0. The van der Waals surface area contributed by atoms with E-state index < -0.39 is 23.5 Å². The van der Waals surface area contributed by atoms with Gasteiger partial charge in [0.25, 0.3) is 5.91 Å². The van der Waals surface area contributed by atoms with Gasteiger partial charge in [-0.05, 0) is 72.6 Å². The number of aryl methyl sites for hydroxylation is 1. The normalized spacial score (nSPS) is 15.3. The molecule has 0 aliphatic carbocycles. The average Bonchev–Trinajstić information content (AvgIpc) is 3.48. The van der Waals surface area contributed by atoms with E-state index in [2.05, 4.69) is 4.98 Å². The number of hydrogen-bond donors (Lipinski definition) is 1. The fourth-order valence-corrected chi connectivity index (χ4v) is 4.67. The fourth-order valence-electron chi connectivity index (χ4n) is 4.67. The van der Waals surface area contributed by atoms with Crippen LogP contribution in [0.1, 0.15) is 27.7 Å². The first kappa shape index (κ1) is 23.2. The number of ketones is 1. The summed E-state index contributed by atoms with van der Waals surface area (Å²) in [4.78, 5) is 32.7. The fraction of sp³-hybridized carbons (Fsp3) is 0.0645. The molecule has 1 atom stereocenters. The van der Waals surface area contributed by atoms with Crippen molar-refractivity contribution in [2.24, 2.45) is 0 Å². The number of benzene rings is 3. The zero-order valence-electron chi connectivity index (χ0n) is 20.4.